The summed E-state index contributed by atoms with van der Waals surface area (Å²) in [4.78, 5) is 29.4. The van der Waals surface area contributed by atoms with E-state index < -0.39 is 6.10 Å². The van der Waals surface area contributed by atoms with Gasteiger partial charge in [-0.25, -0.2) is 0 Å². The van der Waals surface area contributed by atoms with Crippen LogP contribution in [0.2, 0.25) is 0 Å². The van der Waals surface area contributed by atoms with Crippen LogP contribution in [0.15, 0.2) is 29.3 Å². The Morgan fingerprint density at radius 3 is 2.83 bits per heavy atom. The second kappa shape index (κ2) is 8.35. The van der Waals surface area contributed by atoms with E-state index in [1.807, 2.05) is 37.1 Å². The quantitative estimate of drug-likeness (QED) is 0.749. The third-order valence-corrected chi connectivity index (χ3v) is 6.33. The Balaban J connectivity index is 1.46. The molecule has 2 aromatic rings. The van der Waals surface area contributed by atoms with Crippen LogP contribution in [-0.2, 0) is 31.4 Å². The fourth-order valence-electron chi connectivity index (χ4n) is 4.85. The van der Waals surface area contributed by atoms with Crippen LogP contribution in [0.1, 0.15) is 36.1 Å². The number of carbonyl (C=O) groups excluding carboxylic acids is 1. The van der Waals surface area contributed by atoms with Crippen molar-refractivity contribution in [2.24, 2.45) is 13.0 Å². The molecule has 8 nitrogen and oxygen atoms in total. The lowest BCUT2D eigenvalue weighted by atomic mass is 9.82. The molecule has 2 aliphatic heterocycles. The van der Waals surface area contributed by atoms with Crippen molar-refractivity contribution in [1.82, 2.24) is 24.1 Å². The molecular weight excluding hydrogens is 382 g/mol. The summed E-state index contributed by atoms with van der Waals surface area (Å²) in [6.07, 6.45) is 4.81. The molecule has 3 atom stereocenters. The zero-order valence-electron chi connectivity index (χ0n) is 18.0. The van der Waals surface area contributed by atoms with Crippen molar-refractivity contribution in [3.05, 3.63) is 51.7 Å². The van der Waals surface area contributed by atoms with Crippen LogP contribution >= 0.6 is 0 Å². The van der Waals surface area contributed by atoms with Gasteiger partial charge in [0.1, 0.15) is 6.10 Å². The summed E-state index contributed by atoms with van der Waals surface area (Å²) in [6.45, 7) is 4.81. The number of likely N-dealkylation sites (tertiary alicyclic amines) is 1. The highest BCUT2D eigenvalue weighted by Gasteiger charge is 2.37. The van der Waals surface area contributed by atoms with E-state index in [9.17, 15) is 14.7 Å². The third kappa shape index (κ3) is 4.20. The number of piperidine rings is 1. The maximum Gasteiger partial charge on any atom is 0.255 e. The number of fused-ring (bicyclic) bond motifs is 4. The molecule has 0 spiro atoms. The lowest BCUT2D eigenvalue weighted by Crippen LogP contribution is -2.51. The Morgan fingerprint density at radius 2 is 2.13 bits per heavy atom. The fraction of sp³-hybridized carbons (Fsp3) is 0.591. The van der Waals surface area contributed by atoms with Gasteiger partial charge in [-0.1, -0.05) is 6.07 Å². The molecule has 4 heterocycles. The number of aryl methyl sites for hydroxylation is 1. The van der Waals surface area contributed by atoms with E-state index in [0.717, 1.165) is 30.6 Å². The molecular formula is C22H31N5O3. The molecule has 0 aliphatic carbocycles. The van der Waals surface area contributed by atoms with E-state index in [0.29, 0.717) is 26.2 Å². The van der Waals surface area contributed by atoms with Crippen molar-refractivity contribution in [3.63, 3.8) is 0 Å². The maximum atomic E-state index is 13.2. The second-order valence-corrected chi connectivity index (χ2v) is 8.93. The number of rotatable bonds is 6. The largest absolute Gasteiger partial charge is 0.384 e. The molecule has 0 aromatic carbocycles. The number of likely N-dealkylation sites (N-methyl/N-ethyl adjacent to an activating group) is 1. The van der Waals surface area contributed by atoms with Gasteiger partial charge >= 0.3 is 0 Å². The highest BCUT2D eigenvalue weighted by atomic mass is 16.3. The number of aliphatic hydroxyl groups excluding tert-OH is 1. The van der Waals surface area contributed by atoms with Crippen molar-refractivity contribution in [2.75, 3.05) is 26.7 Å². The van der Waals surface area contributed by atoms with Gasteiger partial charge in [0.15, 0.2) is 0 Å². The molecule has 2 bridgehead atoms. The zero-order valence-corrected chi connectivity index (χ0v) is 18.0. The van der Waals surface area contributed by atoms with Crippen LogP contribution in [0.5, 0.6) is 0 Å². The van der Waals surface area contributed by atoms with Gasteiger partial charge in [-0.05, 0) is 44.4 Å². The minimum Gasteiger partial charge on any atom is -0.384 e. The standard InChI is InChI=1S/C22H31N5O3/c1-15(28)21(29)26-11-17-8-19(14-26)20-5-4-18(22(30)27(20)12-17)13-24(2)7-6-16-9-23-25(3)10-16/h4-5,9-10,15,17,19,28H,6-8,11-14H2,1-3H3/t15-,17+,19-/m1/s1. The van der Waals surface area contributed by atoms with Crippen molar-refractivity contribution < 1.29 is 9.90 Å². The summed E-state index contributed by atoms with van der Waals surface area (Å²) in [6, 6.07) is 4.01. The van der Waals surface area contributed by atoms with Gasteiger partial charge < -0.3 is 19.5 Å². The van der Waals surface area contributed by atoms with Crippen LogP contribution in [0.3, 0.4) is 0 Å². The summed E-state index contributed by atoms with van der Waals surface area (Å²) in [5.74, 6) is 0.202. The summed E-state index contributed by atoms with van der Waals surface area (Å²) in [7, 11) is 3.95. The SMILES string of the molecule is C[C@@H](O)C(=O)N1C[C@@H]2C[C@H](C1)c1ccc(CN(C)CCc3cnn(C)c3)c(=O)n1C2. The highest BCUT2D eigenvalue weighted by molar-refractivity contribution is 5.80. The molecule has 0 unspecified atom stereocenters. The molecule has 30 heavy (non-hydrogen) atoms. The lowest BCUT2D eigenvalue weighted by molar-refractivity contribution is -0.142. The number of aliphatic hydroxyl groups is 1. The van der Waals surface area contributed by atoms with Gasteiger partial charge in [0.25, 0.3) is 11.5 Å². The van der Waals surface area contributed by atoms with Crippen LogP contribution in [0, 0.1) is 5.92 Å². The Hall–Kier alpha value is -2.45. The molecule has 162 valence electrons. The minimum atomic E-state index is -0.976. The average Bonchev–Trinajstić information content (AvgIpc) is 3.13. The van der Waals surface area contributed by atoms with Gasteiger partial charge in [0.2, 0.25) is 0 Å². The Bertz CT molecular complexity index is 979. The number of hydrogen-bond donors (Lipinski definition) is 1. The molecule has 2 aliphatic rings. The summed E-state index contributed by atoms with van der Waals surface area (Å²) in [5.41, 5.74) is 3.10. The zero-order chi connectivity index (χ0) is 21.4. The van der Waals surface area contributed by atoms with Crippen molar-refractivity contribution >= 4 is 5.91 Å². The first-order chi connectivity index (χ1) is 14.3. The molecule has 2 aromatic heterocycles. The average molecular weight is 414 g/mol. The molecule has 0 radical (unpaired) electrons. The minimum absolute atomic E-state index is 0.0886. The van der Waals surface area contributed by atoms with Crippen molar-refractivity contribution in [2.45, 2.75) is 44.9 Å². The van der Waals surface area contributed by atoms with Gasteiger partial charge in [0, 0.05) is 63.1 Å². The number of carbonyl (C=O) groups is 1. The number of nitrogens with zero attached hydrogens (tertiary/aromatic N) is 5. The van der Waals surface area contributed by atoms with E-state index in [4.69, 9.17) is 0 Å². The number of pyridine rings is 1. The van der Waals surface area contributed by atoms with Crippen LogP contribution in [-0.4, -0.2) is 67.9 Å². The van der Waals surface area contributed by atoms with Crippen LogP contribution in [0.25, 0.3) is 0 Å². The molecule has 4 rings (SSSR count). The van der Waals surface area contributed by atoms with Gasteiger partial charge in [0.05, 0.1) is 6.20 Å². The van der Waals surface area contributed by atoms with Gasteiger partial charge in [-0.3, -0.25) is 14.3 Å². The Labute approximate surface area is 176 Å². The first-order valence-corrected chi connectivity index (χ1v) is 10.7. The summed E-state index contributed by atoms with van der Waals surface area (Å²) >= 11 is 0. The van der Waals surface area contributed by atoms with E-state index in [1.54, 1.807) is 9.58 Å². The van der Waals surface area contributed by atoms with E-state index in [2.05, 4.69) is 16.1 Å². The molecule has 0 saturated carbocycles. The summed E-state index contributed by atoms with van der Waals surface area (Å²) in [5, 5.41) is 13.9. The third-order valence-electron chi connectivity index (χ3n) is 6.33. The molecule has 1 N–H and O–H groups in total. The topological polar surface area (TPSA) is 83.6 Å². The smallest absolute Gasteiger partial charge is 0.255 e. The molecule has 1 saturated heterocycles. The van der Waals surface area contributed by atoms with Crippen LogP contribution in [0.4, 0.5) is 0 Å². The van der Waals surface area contributed by atoms with E-state index >= 15 is 0 Å². The predicted molar refractivity (Wildman–Crippen MR) is 113 cm³/mol. The lowest BCUT2D eigenvalue weighted by Gasteiger charge is -2.43. The summed E-state index contributed by atoms with van der Waals surface area (Å²) < 4.78 is 3.73. The second-order valence-electron chi connectivity index (χ2n) is 8.93. The first-order valence-electron chi connectivity index (χ1n) is 10.7. The number of hydrogen-bond acceptors (Lipinski definition) is 5. The molecule has 1 fully saturated rings. The van der Waals surface area contributed by atoms with Crippen LogP contribution < -0.4 is 5.56 Å². The molecule has 1 amide bonds. The predicted octanol–water partition coefficient (Wildman–Crippen LogP) is 0.583. The van der Waals surface area contributed by atoms with E-state index in [1.165, 1.54) is 12.5 Å². The Kier molecular flexibility index (Phi) is 5.79. The van der Waals surface area contributed by atoms with Crippen molar-refractivity contribution in [1.29, 1.82) is 0 Å². The Morgan fingerprint density at radius 1 is 1.33 bits per heavy atom. The number of aromatic nitrogens is 3. The monoisotopic (exact) mass is 413 g/mol. The number of amides is 1. The highest BCUT2D eigenvalue weighted by Crippen LogP contribution is 2.35. The van der Waals surface area contributed by atoms with E-state index in [-0.39, 0.29) is 23.3 Å². The molecule has 8 heteroatoms. The normalized spacial score (nSPS) is 21.6. The van der Waals surface area contributed by atoms with Gasteiger partial charge in [-0.15, -0.1) is 0 Å². The maximum absolute atomic E-state index is 13.2. The van der Waals surface area contributed by atoms with Crippen molar-refractivity contribution in [3.8, 4) is 0 Å². The first kappa shape index (κ1) is 20.8. The fourth-order valence-corrected chi connectivity index (χ4v) is 4.85. The van der Waals surface area contributed by atoms with Gasteiger partial charge in [-0.2, -0.15) is 5.10 Å².